The number of nitrogens with zero attached hydrogens (tertiary/aromatic N) is 3. The molecule has 0 saturated heterocycles. The zero-order valence-electron chi connectivity index (χ0n) is 30.3. The van der Waals surface area contributed by atoms with Gasteiger partial charge in [-0.05, 0) is 133 Å². The van der Waals surface area contributed by atoms with E-state index in [1.54, 1.807) is 0 Å². The van der Waals surface area contributed by atoms with Crippen molar-refractivity contribution in [3.8, 4) is 6.07 Å². The van der Waals surface area contributed by atoms with Crippen LogP contribution in [0.2, 0.25) is 25.7 Å². The molecular weight excluding hydrogens is 591 g/mol. The number of nitriles is 1. The second-order valence-electron chi connectivity index (χ2n) is 17.9. The van der Waals surface area contributed by atoms with Crippen LogP contribution in [0.1, 0.15) is 121 Å². The summed E-state index contributed by atoms with van der Waals surface area (Å²) in [6, 6.07) is 8.36. The monoisotopic (exact) mass is 647 g/mol. The first-order valence-corrected chi connectivity index (χ1v) is 22.2. The number of fused-ring (bicyclic) bond motifs is 3. The molecule has 0 radical (unpaired) electrons. The first-order valence-electron chi connectivity index (χ1n) is 18.5. The van der Waals surface area contributed by atoms with E-state index in [2.05, 4.69) is 87.4 Å². The number of allylic oxidation sites excluding steroid dienone is 6. The standard InChI is InChI=1S/C42H57N3OSi/c1-9-10-11-14-41-15-18-42(19-16-41,20-17-41)37-28-32(36(29-43)44-5)27-33(46-37)13-12-31-25-34-38-35(26-31)40(4,30-47(6,7)8)22-24-45(38)23-21-39(34,2)3/h12-13,25-28H,9-11,14-24,30H2,1-4,6-8H3. The maximum Gasteiger partial charge on any atom is 0.269 e. The number of unbranched alkanes of at least 4 members (excludes halogenated alkanes) is 2. The Morgan fingerprint density at radius 3 is 2.28 bits per heavy atom. The predicted octanol–water partition coefficient (Wildman–Crippen LogP) is 11.6. The van der Waals surface area contributed by atoms with Gasteiger partial charge in [0.1, 0.15) is 11.5 Å². The van der Waals surface area contributed by atoms with Crippen molar-refractivity contribution in [3.63, 3.8) is 0 Å². The Labute approximate surface area is 286 Å². The topological polar surface area (TPSA) is 40.6 Å². The van der Waals surface area contributed by atoms with Crippen LogP contribution < -0.4 is 4.90 Å². The van der Waals surface area contributed by atoms with Crippen LogP contribution in [0.15, 0.2) is 53.1 Å². The molecule has 3 saturated carbocycles. The van der Waals surface area contributed by atoms with Crippen molar-refractivity contribution in [1.29, 1.82) is 5.26 Å². The lowest BCUT2D eigenvalue weighted by molar-refractivity contribution is -0.0195. The molecule has 0 amide bonds. The number of rotatable bonds is 9. The maximum absolute atomic E-state index is 9.87. The minimum absolute atomic E-state index is 0.00975. The molecule has 3 aliphatic heterocycles. The predicted molar refractivity (Wildman–Crippen MR) is 199 cm³/mol. The number of hydrogen-bond donors (Lipinski definition) is 0. The summed E-state index contributed by atoms with van der Waals surface area (Å²) in [5.74, 6) is 1.72. The van der Waals surface area contributed by atoms with E-state index in [0.29, 0.717) is 11.0 Å². The zero-order valence-corrected chi connectivity index (χ0v) is 31.3. The van der Waals surface area contributed by atoms with Gasteiger partial charge >= 0.3 is 0 Å². The third-order valence-corrected chi connectivity index (χ3v) is 14.5. The smallest absolute Gasteiger partial charge is 0.269 e. The fourth-order valence-electron chi connectivity index (χ4n) is 9.92. The van der Waals surface area contributed by atoms with Crippen molar-refractivity contribution in [2.45, 2.75) is 141 Å². The van der Waals surface area contributed by atoms with Crippen LogP contribution in [0.4, 0.5) is 5.69 Å². The molecule has 4 nitrogen and oxygen atoms in total. The lowest BCUT2D eigenvalue weighted by Crippen LogP contribution is -2.47. The molecule has 1 aromatic carbocycles. The van der Waals surface area contributed by atoms with Gasteiger partial charge in [0.15, 0.2) is 0 Å². The highest BCUT2D eigenvalue weighted by Crippen LogP contribution is 2.62. The highest BCUT2D eigenvalue weighted by molar-refractivity contribution is 6.76. The molecule has 0 spiro atoms. The maximum atomic E-state index is 9.87. The summed E-state index contributed by atoms with van der Waals surface area (Å²) in [7, 11) is -1.31. The van der Waals surface area contributed by atoms with Gasteiger partial charge in [-0.15, -0.1) is 0 Å². The Balaban J connectivity index is 1.34. The fourth-order valence-corrected chi connectivity index (χ4v) is 12.6. The second-order valence-corrected chi connectivity index (χ2v) is 23.4. The number of hydrogen-bond acceptors (Lipinski definition) is 3. The van der Waals surface area contributed by atoms with Crippen molar-refractivity contribution in [2.75, 3.05) is 18.0 Å². The first-order chi connectivity index (χ1) is 22.2. The normalized spacial score (nSPS) is 30.5. The van der Waals surface area contributed by atoms with Crippen LogP contribution in [-0.4, -0.2) is 21.2 Å². The lowest BCUT2D eigenvalue weighted by Gasteiger charge is -2.54. The zero-order chi connectivity index (χ0) is 33.7. The minimum atomic E-state index is -1.31. The van der Waals surface area contributed by atoms with Gasteiger partial charge in [-0.2, -0.15) is 0 Å². The summed E-state index contributed by atoms with van der Waals surface area (Å²) < 4.78 is 6.80. The van der Waals surface area contributed by atoms with Crippen LogP contribution >= 0.6 is 0 Å². The highest BCUT2D eigenvalue weighted by atomic mass is 28.3. The van der Waals surface area contributed by atoms with Gasteiger partial charge in [0.25, 0.3) is 5.70 Å². The van der Waals surface area contributed by atoms with Crippen LogP contribution in [0.25, 0.3) is 10.9 Å². The number of benzene rings is 1. The molecule has 47 heavy (non-hydrogen) atoms. The average molecular weight is 648 g/mol. The Hall–Kier alpha value is -3.02. The van der Waals surface area contributed by atoms with Gasteiger partial charge in [0.05, 0.1) is 12.6 Å². The Kier molecular flexibility index (Phi) is 8.97. The van der Waals surface area contributed by atoms with Crippen LogP contribution in [0, 0.1) is 28.7 Å². The summed E-state index contributed by atoms with van der Waals surface area (Å²) >= 11 is 0. The van der Waals surface area contributed by atoms with Crippen molar-refractivity contribution in [1.82, 2.24) is 0 Å². The second kappa shape index (κ2) is 12.5. The molecule has 2 bridgehead atoms. The molecule has 0 aromatic heterocycles. The van der Waals surface area contributed by atoms with Crippen LogP contribution in [-0.2, 0) is 15.6 Å². The number of anilines is 1. The molecule has 3 heterocycles. The van der Waals surface area contributed by atoms with Crippen molar-refractivity contribution in [2.24, 2.45) is 10.8 Å². The van der Waals surface area contributed by atoms with E-state index in [1.165, 1.54) is 86.2 Å². The van der Waals surface area contributed by atoms with Gasteiger partial charge in [0, 0.05) is 32.3 Å². The SMILES string of the molecule is [C-]#[N+]C(C#N)=C1C=C(C=Cc2cc3c4c(c2)C(C)(C[Si](C)(C)C)CCN4CCC3(C)C)OC(C23CCC(CCCCC)(CC2)CC3)=C1. The molecule has 250 valence electrons. The van der Waals surface area contributed by atoms with E-state index in [-0.39, 0.29) is 21.9 Å². The van der Waals surface area contributed by atoms with Crippen molar-refractivity contribution in [3.05, 3.63) is 81.3 Å². The van der Waals surface area contributed by atoms with E-state index in [0.717, 1.165) is 43.9 Å². The van der Waals surface area contributed by atoms with Gasteiger partial charge in [-0.1, -0.05) is 72.7 Å². The van der Waals surface area contributed by atoms with Gasteiger partial charge in [-0.3, -0.25) is 0 Å². The van der Waals surface area contributed by atoms with Crippen molar-refractivity contribution < 1.29 is 4.74 Å². The van der Waals surface area contributed by atoms with E-state index >= 15 is 0 Å². The highest BCUT2D eigenvalue weighted by Gasteiger charge is 2.51. The third-order valence-electron chi connectivity index (χ3n) is 12.7. The van der Waals surface area contributed by atoms with E-state index in [4.69, 9.17) is 11.3 Å². The van der Waals surface area contributed by atoms with Gasteiger partial charge in [0.2, 0.25) is 0 Å². The largest absolute Gasteiger partial charge is 0.461 e. The van der Waals surface area contributed by atoms with Crippen molar-refractivity contribution >= 4 is 19.8 Å². The molecule has 5 heteroatoms. The molecule has 1 unspecified atom stereocenters. The molecule has 6 aliphatic rings. The molecule has 1 aromatic rings. The first kappa shape index (κ1) is 33.9. The summed E-state index contributed by atoms with van der Waals surface area (Å²) in [6.07, 6.45) is 23.2. The summed E-state index contributed by atoms with van der Waals surface area (Å²) in [5, 5.41) is 9.87. The Morgan fingerprint density at radius 2 is 1.64 bits per heavy atom. The van der Waals surface area contributed by atoms with Crippen LogP contribution in [0.5, 0.6) is 0 Å². The van der Waals surface area contributed by atoms with E-state index < -0.39 is 8.07 Å². The molecular formula is C42H57N3OSi. The Morgan fingerprint density at radius 1 is 0.957 bits per heavy atom. The average Bonchev–Trinajstić information content (AvgIpc) is 3.04. The molecule has 1 atom stereocenters. The fraction of sp³-hybridized carbons (Fsp3) is 0.619. The lowest BCUT2D eigenvalue weighted by atomic mass is 9.52. The molecule has 7 rings (SSSR count). The summed E-state index contributed by atoms with van der Waals surface area (Å²) in [5.41, 5.74) is 7.40. The third kappa shape index (κ3) is 6.55. The quantitative estimate of drug-likeness (QED) is 0.116. The number of ether oxygens (including phenoxy) is 1. The minimum Gasteiger partial charge on any atom is -0.461 e. The summed E-state index contributed by atoms with van der Waals surface area (Å²) in [4.78, 5) is 6.28. The van der Waals surface area contributed by atoms with E-state index in [9.17, 15) is 5.26 Å². The Bertz CT molecular complexity index is 1580. The van der Waals surface area contributed by atoms with E-state index in [1.807, 2.05) is 12.2 Å². The molecule has 3 aliphatic carbocycles. The van der Waals surface area contributed by atoms with Crippen LogP contribution in [0.3, 0.4) is 0 Å². The van der Waals surface area contributed by atoms with Gasteiger partial charge in [-0.25, -0.2) is 10.1 Å². The molecule has 3 fully saturated rings. The summed E-state index contributed by atoms with van der Waals surface area (Å²) in [6.45, 7) is 27.2. The molecule has 0 N–H and O–H groups in total. The van der Waals surface area contributed by atoms with Gasteiger partial charge < -0.3 is 9.64 Å².